The molecule has 6 heteroatoms. The zero-order chi connectivity index (χ0) is 16.2. The van der Waals surface area contributed by atoms with Gasteiger partial charge in [-0.05, 0) is 36.4 Å². The molecule has 114 valence electrons. The fraction of sp³-hybridized carbons (Fsp3) is 0. The number of pyridine rings is 1. The Kier molecular flexibility index (Phi) is 4.16. The molecule has 1 aromatic carbocycles. The number of carbonyl (C=O) groups is 2. The molecule has 0 radical (unpaired) electrons. The number of aromatic nitrogens is 1. The highest BCUT2D eigenvalue weighted by Crippen LogP contribution is 2.22. The van der Waals surface area contributed by atoms with E-state index in [2.05, 4.69) is 10.3 Å². The third kappa shape index (κ3) is 3.27. The summed E-state index contributed by atoms with van der Waals surface area (Å²) in [4.78, 5) is 29.4. The van der Waals surface area contributed by atoms with E-state index in [4.69, 9.17) is 5.73 Å². The molecule has 1 amide bonds. The van der Waals surface area contributed by atoms with E-state index in [9.17, 15) is 9.59 Å². The lowest BCUT2D eigenvalue weighted by atomic mass is 10.1. The molecule has 0 atom stereocenters. The summed E-state index contributed by atoms with van der Waals surface area (Å²) in [6.45, 7) is 0. The number of benzene rings is 1. The van der Waals surface area contributed by atoms with Gasteiger partial charge in [-0.1, -0.05) is 18.2 Å². The SMILES string of the molecule is Nc1ncccc1C(=O)c1ccc(C(=O)Nc2ccccc2)s1. The first-order valence-corrected chi connectivity index (χ1v) is 7.68. The minimum atomic E-state index is -0.251. The van der Waals surface area contributed by atoms with Crippen molar-refractivity contribution in [3.8, 4) is 0 Å². The van der Waals surface area contributed by atoms with Crippen LogP contribution in [0.25, 0.3) is 0 Å². The zero-order valence-corrected chi connectivity index (χ0v) is 12.8. The van der Waals surface area contributed by atoms with Crippen molar-refractivity contribution < 1.29 is 9.59 Å². The topological polar surface area (TPSA) is 85.1 Å². The molecule has 5 nitrogen and oxygen atoms in total. The molecule has 0 bridgehead atoms. The fourth-order valence-corrected chi connectivity index (χ4v) is 2.89. The lowest BCUT2D eigenvalue weighted by molar-refractivity contribution is 0.102. The average molecular weight is 323 g/mol. The normalized spacial score (nSPS) is 10.3. The Balaban J connectivity index is 1.79. The fourth-order valence-electron chi connectivity index (χ4n) is 2.04. The molecule has 2 heterocycles. The predicted octanol–water partition coefficient (Wildman–Crippen LogP) is 3.21. The molecule has 0 saturated heterocycles. The Morgan fingerprint density at radius 3 is 2.43 bits per heavy atom. The summed E-state index contributed by atoms with van der Waals surface area (Å²) in [6, 6.07) is 15.7. The summed E-state index contributed by atoms with van der Waals surface area (Å²) in [7, 11) is 0. The highest BCUT2D eigenvalue weighted by Gasteiger charge is 2.17. The second kappa shape index (κ2) is 6.41. The third-order valence-electron chi connectivity index (χ3n) is 3.17. The van der Waals surface area contributed by atoms with Crippen molar-refractivity contribution in [2.45, 2.75) is 0 Å². The number of nitrogens with two attached hydrogens (primary N) is 1. The van der Waals surface area contributed by atoms with Gasteiger partial charge in [0.15, 0.2) is 0 Å². The van der Waals surface area contributed by atoms with Crippen LogP contribution >= 0.6 is 11.3 Å². The molecule has 23 heavy (non-hydrogen) atoms. The summed E-state index contributed by atoms with van der Waals surface area (Å²) >= 11 is 1.13. The van der Waals surface area contributed by atoms with Gasteiger partial charge in [-0.15, -0.1) is 11.3 Å². The minimum absolute atomic E-state index is 0.182. The minimum Gasteiger partial charge on any atom is -0.383 e. The van der Waals surface area contributed by atoms with E-state index in [1.54, 1.807) is 36.4 Å². The van der Waals surface area contributed by atoms with Gasteiger partial charge in [-0.3, -0.25) is 9.59 Å². The molecule has 2 aromatic heterocycles. The van der Waals surface area contributed by atoms with Crippen LogP contribution in [0.1, 0.15) is 24.9 Å². The number of hydrogen-bond acceptors (Lipinski definition) is 5. The Labute approximate surface area is 136 Å². The first-order valence-electron chi connectivity index (χ1n) is 6.86. The van der Waals surface area contributed by atoms with Gasteiger partial charge in [0, 0.05) is 11.9 Å². The molecule has 3 N–H and O–H groups in total. The third-order valence-corrected chi connectivity index (χ3v) is 4.25. The number of nitrogen functional groups attached to an aromatic ring is 1. The molecular weight excluding hydrogens is 310 g/mol. The number of amides is 1. The molecule has 0 spiro atoms. The molecule has 0 aliphatic rings. The first kappa shape index (κ1) is 14.9. The maximum atomic E-state index is 12.4. The molecule has 0 unspecified atom stereocenters. The van der Waals surface area contributed by atoms with E-state index in [0.717, 1.165) is 11.3 Å². The van der Waals surface area contributed by atoms with Crippen molar-refractivity contribution in [1.82, 2.24) is 4.98 Å². The summed E-state index contributed by atoms with van der Waals surface area (Å²) < 4.78 is 0. The molecule has 0 fully saturated rings. The van der Waals surface area contributed by atoms with Crippen LogP contribution in [0, 0.1) is 0 Å². The van der Waals surface area contributed by atoms with Gasteiger partial charge in [0.1, 0.15) is 5.82 Å². The van der Waals surface area contributed by atoms with Crippen LogP contribution in [0.3, 0.4) is 0 Å². The van der Waals surface area contributed by atoms with Gasteiger partial charge < -0.3 is 11.1 Å². The van der Waals surface area contributed by atoms with Gasteiger partial charge in [0.05, 0.1) is 15.3 Å². The van der Waals surface area contributed by atoms with Crippen LogP contribution in [0.5, 0.6) is 0 Å². The first-order chi connectivity index (χ1) is 11.1. The highest BCUT2D eigenvalue weighted by atomic mass is 32.1. The van der Waals surface area contributed by atoms with E-state index in [-0.39, 0.29) is 17.5 Å². The number of carbonyl (C=O) groups excluding carboxylic acids is 2. The standard InChI is InChI=1S/C17H13N3O2S/c18-16-12(7-4-10-19-16)15(21)13-8-9-14(23-13)17(22)20-11-5-2-1-3-6-11/h1-10H,(H2,18,19)(H,20,22). The van der Waals surface area contributed by atoms with Crippen molar-refractivity contribution in [2.24, 2.45) is 0 Å². The molecule has 0 aliphatic heterocycles. The number of para-hydroxylation sites is 1. The number of nitrogens with one attached hydrogen (secondary N) is 1. The second-order valence-electron chi connectivity index (χ2n) is 4.75. The molecule has 3 rings (SSSR count). The van der Waals surface area contributed by atoms with E-state index in [1.165, 1.54) is 6.20 Å². The number of anilines is 2. The van der Waals surface area contributed by atoms with Gasteiger partial charge in [0.2, 0.25) is 5.78 Å². The smallest absolute Gasteiger partial charge is 0.265 e. The van der Waals surface area contributed by atoms with Crippen LogP contribution in [-0.4, -0.2) is 16.7 Å². The van der Waals surface area contributed by atoms with Crippen molar-refractivity contribution in [1.29, 1.82) is 0 Å². The largest absolute Gasteiger partial charge is 0.383 e. The number of nitrogens with zero attached hydrogens (tertiary/aromatic N) is 1. The molecule has 0 saturated carbocycles. The number of ketones is 1. The Bertz CT molecular complexity index is 859. The predicted molar refractivity (Wildman–Crippen MR) is 90.8 cm³/mol. The van der Waals surface area contributed by atoms with Crippen LogP contribution < -0.4 is 11.1 Å². The van der Waals surface area contributed by atoms with E-state index in [1.807, 2.05) is 18.2 Å². The van der Waals surface area contributed by atoms with Gasteiger partial charge >= 0.3 is 0 Å². The lowest BCUT2D eigenvalue weighted by Crippen LogP contribution is -2.09. The quantitative estimate of drug-likeness (QED) is 0.722. The lowest BCUT2D eigenvalue weighted by Gasteiger charge is -2.02. The van der Waals surface area contributed by atoms with Crippen molar-refractivity contribution >= 4 is 34.5 Å². The highest BCUT2D eigenvalue weighted by molar-refractivity contribution is 7.16. The number of thiophene rings is 1. The molecule has 0 aliphatic carbocycles. The Hall–Kier alpha value is -2.99. The summed E-state index contributed by atoms with van der Waals surface area (Å²) in [5.41, 5.74) is 6.76. The van der Waals surface area contributed by atoms with Crippen LogP contribution in [-0.2, 0) is 0 Å². The zero-order valence-electron chi connectivity index (χ0n) is 12.0. The number of hydrogen-bond donors (Lipinski definition) is 2. The second-order valence-corrected chi connectivity index (χ2v) is 5.83. The van der Waals surface area contributed by atoms with Crippen molar-refractivity contribution in [2.75, 3.05) is 11.1 Å². The van der Waals surface area contributed by atoms with Crippen molar-refractivity contribution in [3.63, 3.8) is 0 Å². The summed E-state index contributed by atoms with van der Waals surface area (Å²) in [5.74, 6) is -0.306. The van der Waals surface area contributed by atoms with Crippen LogP contribution in [0.15, 0.2) is 60.8 Å². The van der Waals surface area contributed by atoms with Crippen molar-refractivity contribution in [3.05, 3.63) is 76.1 Å². The monoisotopic (exact) mass is 323 g/mol. The van der Waals surface area contributed by atoms with Gasteiger partial charge in [0.25, 0.3) is 5.91 Å². The summed E-state index contributed by atoms with van der Waals surface area (Å²) in [6.07, 6.45) is 1.53. The number of rotatable bonds is 4. The summed E-state index contributed by atoms with van der Waals surface area (Å²) in [5, 5.41) is 2.78. The van der Waals surface area contributed by atoms with E-state index in [0.29, 0.717) is 21.0 Å². The maximum absolute atomic E-state index is 12.4. The Morgan fingerprint density at radius 1 is 0.957 bits per heavy atom. The van der Waals surface area contributed by atoms with Crippen LogP contribution in [0.2, 0.25) is 0 Å². The average Bonchev–Trinajstić information content (AvgIpc) is 3.06. The molecule has 3 aromatic rings. The van der Waals surface area contributed by atoms with E-state index < -0.39 is 0 Å². The van der Waals surface area contributed by atoms with Gasteiger partial charge in [-0.25, -0.2) is 4.98 Å². The van der Waals surface area contributed by atoms with Gasteiger partial charge in [-0.2, -0.15) is 0 Å². The molecular formula is C17H13N3O2S. The van der Waals surface area contributed by atoms with Crippen LogP contribution in [0.4, 0.5) is 11.5 Å². The van der Waals surface area contributed by atoms with E-state index >= 15 is 0 Å². The Morgan fingerprint density at radius 2 is 1.70 bits per heavy atom. The maximum Gasteiger partial charge on any atom is 0.265 e.